The van der Waals surface area contributed by atoms with Crippen LogP contribution in [0, 0.1) is 0 Å². The van der Waals surface area contributed by atoms with Crippen LogP contribution >= 0.6 is 0 Å². The van der Waals surface area contributed by atoms with Crippen molar-refractivity contribution in [1.82, 2.24) is 19.8 Å². The molecule has 0 bridgehead atoms. The van der Waals surface area contributed by atoms with Crippen LogP contribution in [0.25, 0.3) is 0 Å². The third kappa shape index (κ3) is 2.65. The topological polar surface area (TPSA) is 33.1 Å². The highest BCUT2D eigenvalue weighted by Crippen LogP contribution is 2.27. The van der Waals surface area contributed by atoms with Crippen LogP contribution in [-0.2, 0) is 6.54 Å². The zero-order valence-electron chi connectivity index (χ0n) is 10.9. The van der Waals surface area contributed by atoms with E-state index in [-0.39, 0.29) is 0 Å². The number of piperidine rings is 1. The van der Waals surface area contributed by atoms with Crippen molar-refractivity contribution in [2.75, 3.05) is 13.1 Å². The number of aromatic nitrogens is 2. The monoisotopic (exact) mass is 270 g/mol. The van der Waals surface area contributed by atoms with Crippen molar-refractivity contribution in [2.24, 2.45) is 0 Å². The summed E-state index contributed by atoms with van der Waals surface area (Å²) in [7, 11) is 0. The Morgan fingerprint density at radius 3 is 3.05 bits per heavy atom. The van der Waals surface area contributed by atoms with Gasteiger partial charge in [-0.05, 0) is 25.8 Å². The lowest BCUT2D eigenvalue weighted by atomic mass is 9.99. The lowest BCUT2D eigenvalue weighted by molar-refractivity contribution is 0.0663. The Kier molecular flexibility index (Phi) is 3.79. The molecular formula is C13H20F2N4. The van der Waals surface area contributed by atoms with Gasteiger partial charge in [0.2, 0.25) is 0 Å². The third-order valence-electron chi connectivity index (χ3n) is 4.34. The van der Waals surface area contributed by atoms with Gasteiger partial charge in [-0.15, -0.1) is 0 Å². The van der Waals surface area contributed by atoms with E-state index in [9.17, 15) is 8.78 Å². The SMILES string of the molecule is FC(F)n1ccnc1CNC1CCN2CCCCC12. The summed E-state index contributed by atoms with van der Waals surface area (Å²) in [4.78, 5) is 6.54. The Labute approximate surface area is 111 Å². The first-order chi connectivity index (χ1) is 9.25. The Morgan fingerprint density at radius 1 is 1.32 bits per heavy atom. The number of hydrogen-bond acceptors (Lipinski definition) is 3. The molecule has 2 aliphatic rings. The summed E-state index contributed by atoms with van der Waals surface area (Å²) in [5, 5.41) is 3.42. The minimum Gasteiger partial charge on any atom is -0.305 e. The molecule has 0 amide bonds. The van der Waals surface area contributed by atoms with Gasteiger partial charge in [-0.1, -0.05) is 6.42 Å². The molecule has 0 spiro atoms. The second-order valence-electron chi connectivity index (χ2n) is 5.40. The summed E-state index contributed by atoms with van der Waals surface area (Å²) in [6.07, 6.45) is 7.68. The summed E-state index contributed by atoms with van der Waals surface area (Å²) in [6, 6.07) is 1.01. The molecule has 1 N–H and O–H groups in total. The average Bonchev–Trinajstić information content (AvgIpc) is 3.03. The predicted molar refractivity (Wildman–Crippen MR) is 67.9 cm³/mol. The number of halogens is 2. The zero-order valence-corrected chi connectivity index (χ0v) is 10.9. The van der Waals surface area contributed by atoms with E-state index in [1.165, 1.54) is 38.2 Å². The van der Waals surface area contributed by atoms with E-state index in [0.29, 0.717) is 24.5 Å². The molecule has 0 aliphatic carbocycles. The van der Waals surface area contributed by atoms with E-state index in [4.69, 9.17) is 0 Å². The van der Waals surface area contributed by atoms with E-state index in [1.807, 2.05) is 0 Å². The maximum absolute atomic E-state index is 12.7. The normalized spacial score (nSPS) is 27.9. The second kappa shape index (κ2) is 5.54. The van der Waals surface area contributed by atoms with Crippen molar-refractivity contribution in [3.63, 3.8) is 0 Å². The van der Waals surface area contributed by atoms with Crippen LogP contribution in [0.5, 0.6) is 0 Å². The van der Waals surface area contributed by atoms with Gasteiger partial charge in [0.15, 0.2) is 0 Å². The minimum absolute atomic E-state index is 0.420. The van der Waals surface area contributed by atoms with Crippen LogP contribution in [0.3, 0.4) is 0 Å². The molecule has 2 aliphatic heterocycles. The van der Waals surface area contributed by atoms with Gasteiger partial charge in [0.25, 0.3) is 0 Å². The first-order valence-corrected chi connectivity index (χ1v) is 7.03. The van der Waals surface area contributed by atoms with Crippen molar-refractivity contribution in [1.29, 1.82) is 0 Å². The molecular weight excluding hydrogens is 250 g/mol. The van der Waals surface area contributed by atoms with Crippen LogP contribution in [0.2, 0.25) is 0 Å². The number of hydrogen-bond donors (Lipinski definition) is 1. The molecule has 3 heterocycles. The predicted octanol–water partition coefficient (Wildman–Crippen LogP) is 1.99. The van der Waals surface area contributed by atoms with E-state index in [1.54, 1.807) is 0 Å². The van der Waals surface area contributed by atoms with Crippen LogP contribution in [0.4, 0.5) is 8.78 Å². The van der Waals surface area contributed by atoms with E-state index >= 15 is 0 Å². The minimum atomic E-state index is -2.51. The van der Waals surface area contributed by atoms with Crippen LogP contribution in [0.15, 0.2) is 12.4 Å². The number of fused-ring (bicyclic) bond motifs is 1. The van der Waals surface area contributed by atoms with Crippen molar-refractivity contribution >= 4 is 0 Å². The summed E-state index contributed by atoms with van der Waals surface area (Å²) >= 11 is 0. The molecule has 3 rings (SSSR count). The molecule has 2 saturated heterocycles. The number of nitrogens with zero attached hydrogens (tertiary/aromatic N) is 3. The molecule has 2 fully saturated rings. The Bertz CT molecular complexity index is 421. The highest BCUT2D eigenvalue weighted by atomic mass is 19.3. The smallest absolute Gasteiger partial charge is 0.305 e. The lowest BCUT2D eigenvalue weighted by Crippen LogP contribution is -2.44. The molecule has 2 atom stereocenters. The van der Waals surface area contributed by atoms with Gasteiger partial charge in [-0.3, -0.25) is 9.47 Å². The quantitative estimate of drug-likeness (QED) is 0.908. The molecule has 4 nitrogen and oxygen atoms in total. The molecule has 6 heteroatoms. The van der Waals surface area contributed by atoms with E-state index in [0.717, 1.165) is 17.5 Å². The maximum Gasteiger partial charge on any atom is 0.319 e. The van der Waals surface area contributed by atoms with E-state index in [2.05, 4.69) is 15.2 Å². The summed E-state index contributed by atoms with van der Waals surface area (Å²) in [6.45, 7) is 0.237. The van der Waals surface area contributed by atoms with Gasteiger partial charge in [-0.2, -0.15) is 8.78 Å². The Balaban J connectivity index is 1.58. The molecule has 0 radical (unpaired) electrons. The number of alkyl halides is 2. The fourth-order valence-corrected chi connectivity index (χ4v) is 3.37. The zero-order chi connectivity index (χ0) is 13.2. The standard InChI is InChI=1S/C13H20F2N4/c14-13(15)19-8-5-16-12(19)9-17-10-4-7-18-6-2-1-3-11(10)18/h5,8,10-11,13,17H,1-4,6-7,9H2. The van der Waals surface area contributed by atoms with E-state index < -0.39 is 6.55 Å². The molecule has 1 aromatic heterocycles. The molecule has 0 aromatic carbocycles. The summed E-state index contributed by atoms with van der Waals surface area (Å²) < 4.78 is 26.4. The Hall–Kier alpha value is -1.01. The molecule has 1 aromatic rings. The molecule has 106 valence electrons. The van der Waals surface area contributed by atoms with Gasteiger partial charge >= 0.3 is 6.55 Å². The first kappa shape index (κ1) is 13.0. The first-order valence-electron chi connectivity index (χ1n) is 7.03. The van der Waals surface area contributed by atoms with Gasteiger partial charge < -0.3 is 5.32 Å². The van der Waals surface area contributed by atoms with Gasteiger partial charge in [0.1, 0.15) is 5.82 Å². The largest absolute Gasteiger partial charge is 0.319 e. The Morgan fingerprint density at radius 2 is 2.21 bits per heavy atom. The van der Waals surface area contributed by atoms with Crippen molar-refractivity contribution < 1.29 is 8.78 Å². The lowest BCUT2D eigenvalue weighted by Gasteiger charge is -2.32. The highest BCUT2D eigenvalue weighted by Gasteiger charge is 2.35. The molecule has 19 heavy (non-hydrogen) atoms. The fourth-order valence-electron chi connectivity index (χ4n) is 3.37. The van der Waals surface area contributed by atoms with Crippen LogP contribution in [-0.4, -0.2) is 39.6 Å². The highest BCUT2D eigenvalue weighted by molar-refractivity contribution is 4.97. The molecule has 0 saturated carbocycles. The number of rotatable bonds is 4. The van der Waals surface area contributed by atoms with Crippen molar-refractivity contribution in [3.05, 3.63) is 18.2 Å². The van der Waals surface area contributed by atoms with Gasteiger partial charge in [0.05, 0.1) is 6.54 Å². The van der Waals surface area contributed by atoms with Crippen molar-refractivity contribution in [3.8, 4) is 0 Å². The molecule has 2 unspecified atom stereocenters. The van der Waals surface area contributed by atoms with Crippen molar-refractivity contribution in [2.45, 2.75) is 50.9 Å². The average molecular weight is 270 g/mol. The third-order valence-corrected chi connectivity index (χ3v) is 4.34. The second-order valence-corrected chi connectivity index (χ2v) is 5.40. The number of imidazole rings is 1. The van der Waals surface area contributed by atoms with Crippen LogP contribution in [0.1, 0.15) is 38.1 Å². The van der Waals surface area contributed by atoms with Gasteiger partial charge in [0, 0.05) is 31.0 Å². The summed E-state index contributed by atoms with van der Waals surface area (Å²) in [5.41, 5.74) is 0. The van der Waals surface area contributed by atoms with Gasteiger partial charge in [-0.25, -0.2) is 4.98 Å². The van der Waals surface area contributed by atoms with Crippen LogP contribution < -0.4 is 5.32 Å². The summed E-state index contributed by atoms with van der Waals surface area (Å²) in [5.74, 6) is 0.421. The fraction of sp³-hybridized carbons (Fsp3) is 0.769. The maximum atomic E-state index is 12.7. The number of nitrogens with one attached hydrogen (secondary N) is 1.